The molecule has 0 radical (unpaired) electrons. The Morgan fingerprint density at radius 2 is 1.90 bits per heavy atom. The SMILES string of the molecule is CNc1nn(-c2cc(C)cc(C)c2)c(N)c1C(=O)OC. The van der Waals surface area contributed by atoms with Crippen LogP contribution >= 0.6 is 0 Å². The number of nitrogens with two attached hydrogens (primary N) is 1. The minimum absolute atomic E-state index is 0.245. The summed E-state index contributed by atoms with van der Waals surface area (Å²) in [4.78, 5) is 11.8. The van der Waals surface area contributed by atoms with E-state index >= 15 is 0 Å². The number of rotatable bonds is 3. The Kier molecular flexibility index (Phi) is 3.65. The Morgan fingerprint density at radius 1 is 1.30 bits per heavy atom. The third-order valence-electron chi connectivity index (χ3n) is 3.00. The van der Waals surface area contributed by atoms with Gasteiger partial charge in [-0.05, 0) is 37.1 Å². The maximum absolute atomic E-state index is 11.8. The Balaban J connectivity index is 2.63. The average molecular weight is 274 g/mol. The standard InChI is InChI=1S/C14H18N4O2/c1-8-5-9(2)7-10(6-8)18-12(15)11(14(19)20-4)13(16-3)17-18/h5-7H,15H2,1-4H3,(H,16,17). The molecule has 0 saturated carbocycles. The molecule has 0 aliphatic heterocycles. The van der Waals surface area contributed by atoms with Gasteiger partial charge in [0.2, 0.25) is 0 Å². The lowest BCUT2D eigenvalue weighted by Gasteiger charge is -2.07. The van der Waals surface area contributed by atoms with Crippen LogP contribution in [0.15, 0.2) is 18.2 Å². The second-order valence-electron chi connectivity index (χ2n) is 4.61. The first-order valence-corrected chi connectivity index (χ1v) is 6.21. The molecule has 0 fully saturated rings. The second-order valence-corrected chi connectivity index (χ2v) is 4.61. The molecule has 106 valence electrons. The monoisotopic (exact) mass is 274 g/mol. The summed E-state index contributed by atoms with van der Waals surface area (Å²) in [7, 11) is 3.00. The van der Waals surface area contributed by atoms with Crippen molar-refractivity contribution in [3.8, 4) is 5.69 Å². The van der Waals surface area contributed by atoms with Crippen LogP contribution in [0.5, 0.6) is 0 Å². The Hall–Kier alpha value is -2.50. The van der Waals surface area contributed by atoms with Gasteiger partial charge in [-0.2, -0.15) is 0 Å². The van der Waals surface area contributed by atoms with Gasteiger partial charge in [-0.3, -0.25) is 0 Å². The van der Waals surface area contributed by atoms with Crippen molar-refractivity contribution in [2.75, 3.05) is 25.2 Å². The van der Waals surface area contributed by atoms with E-state index in [2.05, 4.69) is 16.5 Å². The number of hydrogen-bond donors (Lipinski definition) is 2. The fraction of sp³-hybridized carbons (Fsp3) is 0.286. The van der Waals surface area contributed by atoms with Gasteiger partial charge in [0.25, 0.3) is 0 Å². The number of hydrogen-bond acceptors (Lipinski definition) is 5. The van der Waals surface area contributed by atoms with Gasteiger partial charge in [-0.1, -0.05) is 6.07 Å². The number of methoxy groups -OCH3 is 1. The number of benzene rings is 1. The van der Waals surface area contributed by atoms with Crippen LogP contribution in [0, 0.1) is 13.8 Å². The van der Waals surface area contributed by atoms with E-state index in [1.54, 1.807) is 7.05 Å². The van der Waals surface area contributed by atoms with E-state index in [0.717, 1.165) is 16.8 Å². The molecule has 1 heterocycles. The zero-order valence-electron chi connectivity index (χ0n) is 12.0. The highest BCUT2D eigenvalue weighted by atomic mass is 16.5. The van der Waals surface area contributed by atoms with Crippen LogP contribution in [-0.4, -0.2) is 29.9 Å². The van der Waals surface area contributed by atoms with Gasteiger partial charge in [-0.25, -0.2) is 9.48 Å². The van der Waals surface area contributed by atoms with E-state index in [1.807, 2.05) is 26.0 Å². The number of nitrogens with zero attached hydrogens (tertiary/aromatic N) is 2. The number of nitrogen functional groups attached to an aromatic ring is 1. The molecule has 0 bridgehead atoms. The van der Waals surface area contributed by atoms with Crippen LogP contribution in [0.2, 0.25) is 0 Å². The summed E-state index contributed by atoms with van der Waals surface area (Å²) >= 11 is 0. The van der Waals surface area contributed by atoms with Gasteiger partial charge < -0.3 is 15.8 Å². The molecule has 0 unspecified atom stereocenters. The third kappa shape index (κ3) is 2.32. The highest BCUT2D eigenvalue weighted by Crippen LogP contribution is 2.26. The van der Waals surface area contributed by atoms with Gasteiger partial charge >= 0.3 is 5.97 Å². The number of esters is 1. The van der Waals surface area contributed by atoms with Crippen molar-refractivity contribution in [3.05, 3.63) is 34.9 Å². The molecule has 0 aliphatic rings. The Bertz CT molecular complexity index is 641. The first kappa shape index (κ1) is 13.9. The van der Waals surface area contributed by atoms with E-state index in [1.165, 1.54) is 11.8 Å². The van der Waals surface area contributed by atoms with E-state index < -0.39 is 5.97 Å². The van der Waals surface area contributed by atoms with Gasteiger partial charge in [0.15, 0.2) is 5.82 Å². The van der Waals surface area contributed by atoms with Crippen LogP contribution in [0.3, 0.4) is 0 Å². The predicted octanol–water partition coefficient (Wildman–Crippen LogP) is 1.90. The number of carbonyl (C=O) groups excluding carboxylic acids is 1. The van der Waals surface area contributed by atoms with Gasteiger partial charge in [-0.15, -0.1) is 5.10 Å². The van der Waals surface area contributed by atoms with Crippen LogP contribution < -0.4 is 11.1 Å². The molecule has 6 heteroatoms. The van der Waals surface area contributed by atoms with Crippen LogP contribution in [0.4, 0.5) is 11.6 Å². The first-order valence-electron chi connectivity index (χ1n) is 6.21. The van der Waals surface area contributed by atoms with E-state index in [4.69, 9.17) is 10.5 Å². The lowest BCUT2D eigenvalue weighted by Crippen LogP contribution is -2.08. The van der Waals surface area contributed by atoms with Gasteiger partial charge in [0.05, 0.1) is 12.8 Å². The zero-order valence-corrected chi connectivity index (χ0v) is 12.0. The van der Waals surface area contributed by atoms with Crippen molar-refractivity contribution < 1.29 is 9.53 Å². The normalized spacial score (nSPS) is 10.4. The van der Waals surface area contributed by atoms with Crippen molar-refractivity contribution in [2.45, 2.75) is 13.8 Å². The van der Waals surface area contributed by atoms with E-state index in [-0.39, 0.29) is 11.4 Å². The predicted molar refractivity (Wildman–Crippen MR) is 78.3 cm³/mol. The molecule has 1 aromatic heterocycles. The highest BCUT2D eigenvalue weighted by molar-refractivity contribution is 5.99. The van der Waals surface area contributed by atoms with Crippen molar-refractivity contribution in [1.82, 2.24) is 9.78 Å². The summed E-state index contributed by atoms with van der Waals surface area (Å²) < 4.78 is 6.28. The molecule has 0 atom stereocenters. The van der Waals surface area contributed by atoms with Gasteiger partial charge in [0.1, 0.15) is 11.4 Å². The number of aromatic nitrogens is 2. The average Bonchev–Trinajstić information content (AvgIpc) is 2.73. The minimum Gasteiger partial charge on any atom is -0.465 e. The second kappa shape index (κ2) is 5.24. The Morgan fingerprint density at radius 3 is 2.40 bits per heavy atom. The molecule has 6 nitrogen and oxygen atoms in total. The fourth-order valence-corrected chi connectivity index (χ4v) is 2.18. The van der Waals surface area contributed by atoms with Crippen LogP contribution in [0.1, 0.15) is 21.5 Å². The summed E-state index contributed by atoms with van der Waals surface area (Å²) in [5.74, 6) is 0.141. The quantitative estimate of drug-likeness (QED) is 0.835. The summed E-state index contributed by atoms with van der Waals surface area (Å²) in [6, 6.07) is 5.97. The minimum atomic E-state index is -0.512. The first-order chi connectivity index (χ1) is 9.47. The highest BCUT2D eigenvalue weighted by Gasteiger charge is 2.23. The summed E-state index contributed by atoms with van der Waals surface area (Å²) in [5.41, 5.74) is 9.30. The Labute approximate surface area is 117 Å². The number of nitrogens with one attached hydrogen (secondary N) is 1. The lowest BCUT2D eigenvalue weighted by molar-refractivity contribution is 0.0603. The van der Waals surface area contributed by atoms with Crippen molar-refractivity contribution >= 4 is 17.6 Å². The maximum Gasteiger partial charge on any atom is 0.345 e. The number of aryl methyl sites for hydroxylation is 2. The zero-order chi connectivity index (χ0) is 14.9. The topological polar surface area (TPSA) is 82.2 Å². The van der Waals surface area contributed by atoms with Gasteiger partial charge in [0, 0.05) is 7.05 Å². The van der Waals surface area contributed by atoms with Crippen LogP contribution in [0.25, 0.3) is 5.69 Å². The van der Waals surface area contributed by atoms with E-state index in [0.29, 0.717) is 5.82 Å². The molecule has 0 saturated heterocycles. The molecule has 2 aromatic rings. The summed E-state index contributed by atoms with van der Waals surface area (Å²) in [5, 5.41) is 7.19. The summed E-state index contributed by atoms with van der Waals surface area (Å²) in [6.07, 6.45) is 0. The molecule has 3 N–H and O–H groups in total. The molecule has 1 aromatic carbocycles. The number of anilines is 2. The van der Waals surface area contributed by atoms with Crippen molar-refractivity contribution in [3.63, 3.8) is 0 Å². The molecule has 0 amide bonds. The molecular formula is C14H18N4O2. The largest absolute Gasteiger partial charge is 0.465 e. The van der Waals surface area contributed by atoms with E-state index in [9.17, 15) is 4.79 Å². The van der Waals surface area contributed by atoms with Crippen molar-refractivity contribution in [1.29, 1.82) is 0 Å². The molecule has 0 spiro atoms. The maximum atomic E-state index is 11.8. The molecular weight excluding hydrogens is 256 g/mol. The molecule has 0 aliphatic carbocycles. The third-order valence-corrected chi connectivity index (χ3v) is 3.00. The number of carbonyl (C=O) groups is 1. The number of ether oxygens (including phenoxy) is 1. The van der Waals surface area contributed by atoms with Crippen LogP contribution in [-0.2, 0) is 4.74 Å². The summed E-state index contributed by atoms with van der Waals surface area (Å²) in [6.45, 7) is 3.99. The fourth-order valence-electron chi connectivity index (χ4n) is 2.18. The lowest BCUT2D eigenvalue weighted by atomic mass is 10.1. The smallest absolute Gasteiger partial charge is 0.345 e. The van der Waals surface area contributed by atoms with Crippen molar-refractivity contribution in [2.24, 2.45) is 0 Å². The molecule has 20 heavy (non-hydrogen) atoms. The molecule has 2 rings (SSSR count).